The Hall–Kier alpha value is -2.73. The summed E-state index contributed by atoms with van der Waals surface area (Å²) in [5, 5.41) is 5.39. The average molecular weight is 357 g/mol. The molecule has 2 aromatic carbocycles. The van der Waals surface area contributed by atoms with Crippen LogP contribution in [0.25, 0.3) is 0 Å². The molecule has 0 atom stereocenters. The fourth-order valence-corrected chi connectivity index (χ4v) is 2.56. The maximum atomic E-state index is 13.2. The molecule has 0 aliphatic carbocycles. The minimum absolute atomic E-state index is 0.0972. The van der Waals surface area contributed by atoms with Crippen molar-refractivity contribution in [2.75, 3.05) is 25.5 Å². The number of carbonyl (C=O) groups is 2. The Morgan fingerprint density at radius 1 is 1.08 bits per heavy atom. The van der Waals surface area contributed by atoms with Crippen LogP contribution in [0.5, 0.6) is 0 Å². The molecule has 0 fully saturated rings. The summed E-state index contributed by atoms with van der Waals surface area (Å²) in [5.41, 5.74) is 3.62. The van der Waals surface area contributed by atoms with Crippen molar-refractivity contribution in [3.63, 3.8) is 0 Å². The number of nitrogens with one attached hydrogen (secondary N) is 2. The van der Waals surface area contributed by atoms with Crippen molar-refractivity contribution in [1.29, 1.82) is 0 Å². The first kappa shape index (κ1) is 19.6. The Morgan fingerprint density at radius 2 is 1.81 bits per heavy atom. The highest BCUT2D eigenvalue weighted by molar-refractivity contribution is 5.95. The van der Waals surface area contributed by atoms with Crippen LogP contribution in [0, 0.1) is 19.7 Å². The van der Waals surface area contributed by atoms with E-state index >= 15 is 0 Å². The van der Waals surface area contributed by atoms with Crippen molar-refractivity contribution >= 4 is 17.5 Å². The van der Waals surface area contributed by atoms with Gasteiger partial charge in [0, 0.05) is 12.2 Å². The molecule has 2 N–H and O–H groups in total. The number of rotatable bonds is 7. The van der Waals surface area contributed by atoms with Gasteiger partial charge in [0.15, 0.2) is 0 Å². The molecule has 0 bridgehead atoms. The van der Waals surface area contributed by atoms with E-state index in [0.29, 0.717) is 6.54 Å². The number of benzene rings is 2. The van der Waals surface area contributed by atoms with Crippen molar-refractivity contribution in [3.8, 4) is 0 Å². The molecule has 2 rings (SSSR count). The Kier molecular flexibility index (Phi) is 6.86. The highest BCUT2D eigenvalue weighted by atomic mass is 19.1. The molecule has 26 heavy (non-hydrogen) atoms. The first-order valence-corrected chi connectivity index (χ1v) is 8.41. The number of hydrogen-bond acceptors (Lipinski definition) is 3. The van der Waals surface area contributed by atoms with Gasteiger partial charge >= 0.3 is 0 Å². The first-order valence-electron chi connectivity index (χ1n) is 8.41. The minimum atomic E-state index is -0.302. The second-order valence-electron chi connectivity index (χ2n) is 6.37. The number of aryl methyl sites for hydroxylation is 1. The lowest BCUT2D eigenvalue weighted by atomic mass is 10.1. The highest BCUT2D eigenvalue weighted by Gasteiger charge is 2.10. The van der Waals surface area contributed by atoms with Crippen LogP contribution in [0.2, 0.25) is 0 Å². The topological polar surface area (TPSA) is 61.4 Å². The molecule has 2 aromatic rings. The molecule has 2 amide bonds. The fraction of sp³-hybridized carbons (Fsp3) is 0.300. The standard InChI is InChI=1S/C20H24FN3O2/c1-14-6-4-9-18(15(14)2)23-19(25)11-22-20(26)13-24(3)12-16-7-5-8-17(21)10-16/h4-10H,11-13H2,1-3H3,(H,22,26)(H,23,25). The van der Waals surface area contributed by atoms with Gasteiger partial charge in [0.05, 0.1) is 13.1 Å². The largest absolute Gasteiger partial charge is 0.346 e. The van der Waals surface area contributed by atoms with Crippen molar-refractivity contribution in [2.45, 2.75) is 20.4 Å². The van der Waals surface area contributed by atoms with E-state index in [4.69, 9.17) is 0 Å². The smallest absolute Gasteiger partial charge is 0.243 e. The summed E-state index contributed by atoms with van der Waals surface area (Å²) in [6.07, 6.45) is 0. The third-order valence-electron chi connectivity index (χ3n) is 4.08. The van der Waals surface area contributed by atoms with E-state index in [0.717, 1.165) is 22.4 Å². The van der Waals surface area contributed by atoms with Gasteiger partial charge in [-0.2, -0.15) is 0 Å². The predicted molar refractivity (Wildman–Crippen MR) is 100 cm³/mol. The number of halogens is 1. The van der Waals surface area contributed by atoms with Crippen LogP contribution in [0.4, 0.5) is 10.1 Å². The summed E-state index contributed by atoms with van der Waals surface area (Å²) >= 11 is 0. The van der Waals surface area contributed by atoms with Gasteiger partial charge in [0.25, 0.3) is 0 Å². The van der Waals surface area contributed by atoms with Gasteiger partial charge in [0.1, 0.15) is 5.82 Å². The van der Waals surface area contributed by atoms with E-state index < -0.39 is 0 Å². The zero-order valence-electron chi connectivity index (χ0n) is 15.3. The van der Waals surface area contributed by atoms with E-state index in [1.165, 1.54) is 12.1 Å². The molecule has 0 spiro atoms. The number of hydrogen-bond donors (Lipinski definition) is 2. The van der Waals surface area contributed by atoms with Crippen LogP contribution in [-0.2, 0) is 16.1 Å². The monoisotopic (exact) mass is 357 g/mol. The molecular formula is C20H24FN3O2. The Bertz CT molecular complexity index is 792. The molecule has 0 aromatic heterocycles. The highest BCUT2D eigenvalue weighted by Crippen LogP contribution is 2.17. The number of nitrogens with zero attached hydrogens (tertiary/aromatic N) is 1. The van der Waals surface area contributed by atoms with Gasteiger partial charge in [-0.25, -0.2) is 4.39 Å². The van der Waals surface area contributed by atoms with E-state index in [1.807, 2.05) is 32.0 Å². The Morgan fingerprint density at radius 3 is 2.54 bits per heavy atom. The van der Waals surface area contributed by atoms with Gasteiger partial charge in [0.2, 0.25) is 11.8 Å². The fourth-order valence-electron chi connectivity index (χ4n) is 2.56. The molecule has 6 heteroatoms. The molecule has 0 aliphatic heterocycles. The summed E-state index contributed by atoms with van der Waals surface area (Å²) in [6, 6.07) is 11.9. The SMILES string of the molecule is Cc1cccc(NC(=O)CNC(=O)CN(C)Cc2cccc(F)c2)c1C. The molecule has 0 radical (unpaired) electrons. The third kappa shape index (κ3) is 5.97. The molecule has 0 unspecified atom stereocenters. The van der Waals surface area contributed by atoms with Crippen LogP contribution in [0.3, 0.4) is 0 Å². The molecule has 138 valence electrons. The van der Waals surface area contributed by atoms with Crippen molar-refractivity contribution < 1.29 is 14.0 Å². The normalized spacial score (nSPS) is 10.7. The van der Waals surface area contributed by atoms with Crippen molar-refractivity contribution in [2.24, 2.45) is 0 Å². The Balaban J connectivity index is 1.77. The average Bonchev–Trinajstić information content (AvgIpc) is 2.57. The van der Waals surface area contributed by atoms with Crippen LogP contribution in [-0.4, -0.2) is 36.9 Å². The van der Waals surface area contributed by atoms with Gasteiger partial charge in [-0.3, -0.25) is 14.5 Å². The quantitative estimate of drug-likeness (QED) is 0.801. The van der Waals surface area contributed by atoms with Gasteiger partial charge in [-0.05, 0) is 55.8 Å². The lowest BCUT2D eigenvalue weighted by Gasteiger charge is -2.16. The molecule has 0 saturated heterocycles. The number of likely N-dealkylation sites (N-methyl/N-ethyl adjacent to an activating group) is 1. The molecule has 0 heterocycles. The maximum Gasteiger partial charge on any atom is 0.243 e. The number of anilines is 1. The summed E-state index contributed by atoms with van der Waals surface area (Å²) < 4.78 is 13.2. The second kappa shape index (κ2) is 9.10. The molecule has 0 aliphatic rings. The van der Waals surface area contributed by atoms with E-state index in [9.17, 15) is 14.0 Å². The van der Waals surface area contributed by atoms with Gasteiger partial charge in [-0.1, -0.05) is 24.3 Å². The summed E-state index contributed by atoms with van der Waals surface area (Å²) in [4.78, 5) is 25.8. The zero-order valence-corrected chi connectivity index (χ0v) is 15.3. The predicted octanol–water partition coefficient (Wildman–Crippen LogP) is 2.63. The molecule has 0 saturated carbocycles. The Labute approximate surface area is 153 Å². The number of amides is 2. The summed E-state index contributed by atoms with van der Waals surface area (Å²) in [6.45, 7) is 4.37. The third-order valence-corrected chi connectivity index (χ3v) is 4.08. The van der Waals surface area contributed by atoms with Gasteiger partial charge in [-0.15, -0.1) is 0 Å². The van der Waals surface area contributed by atoms with Crippen LogP contribution >= 0.6 is 0 Å². The van der Waals surface area contributed by atoms with Crippen LogP contribution in [0.15, 0.2) is 42.5 Å². The van der Waals surface area contributed by atoms with Crippen molar-refractivity contribution in [1.82, 2.24) is 10.2 Å². The summed E-state index contributed by atoms with van der Waals surface area (Å²) in [5.74, 6) is -0.844. The number of carbonyl (C=O) groups excluding carboxylic acids is 2. The van der Waals surface area contributed by atoms with Crippen LogP contribution in [0.1, 0.15) is 16.7 Å². The maximum absolute atomic E-state index is 13.2. The van der Waals surface area contributed by atoms with E-state index in [2.05, 4.69) is 10.6 Å². The van der Waals surface area contributed by atoms with E-state index in [1.54, 1.807) is 24.1 Å². The second-order valence-corrected chi connectivity index (χ2v) is 6.37. The summed E-state index contributed by atoms with van der Waals surface area (Å²) in [7, 11) is 1.76. The lowest BCUT2D eigenvalue weighted by Crippen LogP contribution is -2.39. The zero-order chi connectivity index (χ0) is 19.1. The van der Waals surface area contributed by atoms with Crippen LogP contribution < -0.4 is 10.6 Å². The van der Waals surface area contributed by atoms with Crippen molar-refractivity contribution in [3.05, 3.63) is 65.0 Å². The molecule has 5 nitrogen and oxygen atoms in total. The lowest BCUT2D eigenvalue weighted by molar-refractivity contribution is -0.124. The van der Waals surface area contributed by atoms with E-state index in [-0.39, 0.29) is 30.7 Å². The minimum Gasteiger partial charge on any atom is -0.346 e. The molecular weight excluding hydrogens is 333 g/mol. The van der Waals surface area contributed by atoms with Gasteiger partial charge < -0.3 is 10.6 Å². The first-order chi connectivity index (χ1) is 12.3.